The Bertz CT molecular complexity index is 295. The molecule has 0 aromatic rings. The first-order valence-electron chi connectivity index (χ1n) is 6.96. The van der Waals surface area contributed by atoms with Crippen LogP contribution < -0.4 is 0 Å². The molecule has 1 unspecified atom stereocenters. The predicted molar refractivity (Wildman–Crippen MR) is 70.2 cm³/mol. The Hall–Kier alpha value is -1.06. The molecule has 1 aliphatic rings. The number of hydrogen-bond donors (Lipinski definition) is 1. The fraction of sp³-hybridized carbons (Fsp3) is 0.857. The van der Waals surface area contributed by atoms with Crippen molar-refractivity contribution in [3.8, 4) is 0 Å². The Balaban J connectivity index is 2.65. The molecule has 1 amide bonds. The molecule has 0 aromatic carbocycles. The molecule has 1 aliphatic carbocycles. The van der Waals surface area contributed by atoms with Gasteiger partial charge >= 0.3 is 5.97 Å². The van der Waals surface area contributed by atoms with Crippen LogP contribution in [-0.4, -0.2) is 34.5 Å². The minimum Gasteiger partial charge on any atom is -0.481 e. The van der Waals surface area contributed by atoms with E-state index in [1.165, 1.54) is 6.42 Å². The number of amides is 1. The quantitative estimate of drug-likeness (QED) is 0.821. The van der Waals surface area contributed by atoms with Crippen LogP contribution in [0.15, 0.2) is 0 Å². The summed E-state index contributed by atoms with van der Waals surface area (Å²) in [7, 11) is 0. The van der Waals surface area contributed by atoms with Crippen LogP contribution in [0.2, 0.25) is 0 Å². The molecule has 1 atom stereocenters. The molecule has 104 valence electrons. The van der Waals surface area contributed by atoms with Crippen molar-refractivity contribution in [1.82, 2.24) is 4.90 Å². The monoisotopic (exact) mass is 255 g/mol. The lowest BCUT2D eigenvalue weighted by Gasteiger charge is -2.33. The largest absolute Gasteiger partial charge is 0.481 e. The highest BCUT2D eigenvalue weighted by atomic mass is 16.4. The van der Waals surface area contributed by atoms with Gasteiger partial charge < -0.3 is 10.0 Å². The van der Waals surface area contributed by atoms with Gasteiger partial charge in [-0.2, -0.15) is 0 Å². The number of hydrogen-bond acceptors (Lipinski definition) is 2. The van der Waals surface area contributed by atoms with Crippen LogP contribution >= 0.6 is 0 Å². The molecular weight excluding hydrogens is 230 g/mol. The summed E-state index contributed by atoms with van der Waals surface area (Å²) in [6.07, 6.45) is 5.39. The van der Waals surface area contributed by atoms with Crippen molar-refractivity contribution in [3.63, 3.8) is 0 Å². The summed E-state index contributed by atoms with van der Waals surface area (Å²) in [5.41, 5.74) is 0. The van der Waals surface area contributed by atoms with E-state index in [-0.39, 0.29) is 17.9 Å². The maximum Gasteiger partial charge on any atom is 0.308 e. The third-order valence-corrected chi connectivity index (χ3v) is 3.75. The van der Waals surface area contributed by atoms with Gasteiger partial charge in [-0.15, -0.1) is 0 Å². The second-order valence-electron chi connectivity index (χ2n) is 5.66. The molecule has 0 heterocycles. The van der Waals surface area contributed by atoms with Crippen LogP contribution in [0.5, 0.6) is 0 Å². The van der Waals surface area contributed by atoms with E-state index in [1.807, 2.05) is 13.8 Å². The third-order valence-electron chi connectivity index (χ3n) is 3.75. The molecular formula is C14H25NO3. The molecule has 0 spiro atoms. The van der Waals surface area contributed by atoms with Gasteiger partial charge in [-0.25, -0.2) is 0 Å². The Kier molecular flexibility index (Phi) is 5.63. The standard InChI is InChI=1S/C14H25NO3/c1-10(2)15(9-11(3)14(17)18)13(16)12-7-5-4-6-8-12/h10-12H,4-9H2,1-3H3,(H,17,18). The van der Waals surface area contributed by atoms with Crippen molar-refractivity contribution in [3.05, 3.63) is 0 Å². The van der Waals surface area contributed by atoms with Crippen molar-refractivity contribution < 1.29 is 14.7 Å². The van der Waals surface area contributed by atoms with Gasteiger partial charge in [0, 0.05) is 18.5 Å². The zero-order valence-corrected chi connectivity index (χ0v) is 11.7. The molecule has 1 N–H and O–H groups in total. The number of aliphatic carboxylic acids is 1. The van der Waals surface area contributed by atoms with Gasteiger partial charge in [-0.1, -0.05) is 26.2 Å². The molecule has 1 saturated carbocycles. The van der Waals surface area contributed by atoms with Crippen LogP contribution in [0, 0.1) is 11.8 Å². The fourth-order valence-corrected chi connectivity index (χ4v) is 2.51. The highest BCUT2D eigenvalue weighted by Gasteiger charge is 2.29. The van der Waals surface area contributed by atoms with E-state index in [9.17, 15) is 9.59 Å². The lowest BCUT2D eigenvalue weighted by Crippen LogP contribution is -2.44. The van der Waals surface area contributed by atoms with Crippen molar-refractivity contribution in [2.75, 3.05) is 6.54 Å². The van der Waals surface area contributed by atoms with E-state index in [4.69, 9.17) is 5.11 Å². The van der Waals surface area contributed by atoms with Crippen molar-refractivity contribution in [2.24, 2.45) is 11.8 Å². The van der Waals surface area contributed by atoms with Crippen LogP contribution in [0.3, 0.4) is 0 Å². The van der Waals surface area contributed by atoms with Gasteiger partial charge in [-0.05, 0) is 26.7 Å². The molecule has 4 nitrogen and oxygen atoms in total. The minimum atomic E-state index is -0.836. The zero-order chi connectivity index (χ0) is 13.7. The summed E-state index contributed by atoms with van der Waals surface area (Å²) in [5, 5.41) is 8.97. The van der Waals surface area contributed by atoms with E-state index in [0.717, 1.165) is 25.7 Å². The van der Waals surface area contributed by atoms with Crippen molar-refractivity contribution >= 4 is 11.9 Å². The predicted octanol–water partition coefficient (Wildman–Crippen LogP) is 2.52. The molecule has 1 rings (SSSR count). The Morgan fingerprint density at radius 3 is 2.17 bits per heavy atom. The van der Waals surface area contributed by atoms with E-state index in [0.29, 0.717) is 6.54 Å². The second kappa shape index (κ2) is 6.76. The van der Waals surface area contributed by atoms with Gasteiger partial charge in [-0.3, -0.25) is 9.59 Å². The average molecular weight is 255 g/mol. The average Bonchev–Trinajstić information content (AvgIpc) is 2.35. The van der Waals surface area contributed by atoms with E-state index in [2.05, 4.69) is 0 Å². The summed E-state index contributed by atoms with van der Waals surface area (Å²) < 4.78 is 0. The first kappa shape index (κ1) is 15.0. The van der Waals surface area contributed by atoms with Crippen molar-refractivity contribution in [2.45, 2.75) is 58.9 Å². The van der Waals surface area contributed by atoms with Crippen LogP contribution in [0.25, 0.3) is 0 Å². The summed E-state index contributed by atoms with van der Waals surface area (Å²) in [5.74, 6) is -1.07. The molecule has 0 bridgehead atoms. The number of carbonyl (C=O) groups excluding carboxylic acids is 1. The van der Waals surface area contributed by atoms with Gasteiger partial charge in [0.05, 0.1) is 5.92 Å². The Morgan fingerprint density at radius 1 is 1.17 bits per heavy atom. The molecule has 0 radical (unpaired) electrons. The lowest BCUT2D eigenvalue weighted by molar-refractivity contribution is -0.145. The SMILES string of the molecule is CC(CN(C(=O)C1CCCCC1)C(C)C)C(=O)O. The second-order valence-corrected chi connectivity index (χ2v) is 5.66. The normalized spacial score (nSPS) is 18.7. The van der Waals surface area contributed by atoms with E-state index < -0.39 is 11.9 Å². The summed E-state index contributed by atoms with van der Waals surface area (Å²) in [4.78, 5) is 25.1. The zero-order valence-electron chi connectivity index (χ0n) is 11.7. The van der Waals surface area contributed by atoms with Gasteiger partial charge in [0.2, 0.25) is 5.91 Å². The van der Waals surface area contributed by atoms with Gasteiger partial charge in [0.25, 0.3) is 0 Å². The summed E-state index contributed by atoms with van der Waals surface area (Å²) in [6.45, 7) is 5.89. The summed E-state index contributed by atoms with van der Waals surface area (Å²) >= 11 is 0. The molecule has 0 aliphatic heterocycles. The molecule has 4 heteroatoms. The van der Waals surface area contributed by atoms with Crippen molar-refractivity contribution in [1.29, 1.82) is 0 Å². The minimum absolute atomic E-state index is 0.0706. The first-order valence-corrected chi connectivity index (χ1v) is 6.96. The first-order chi connectivity index (χ1) is 8.43. The maximum absolute atomic E-state index is 12.4. The van der Waals surface area contributed by atoms with Gasteiger partial charge in [0.1, 0.15) is 0 Å². The number of nitrogens with zero attached hydrogens (tertiary/aromatic N) is 1. The van der Waals surface area contributed by atoms with E-state index >= 15 is 0 Å². The van der Waals surface area contributed by atoms with E-state index in [1.54, 1.807) is 11.8 Å². The lowest BCUT2D eigenvalue weighted by atomic mass is 9.88. The topological polar surface area (TPSA) is 57.6 Å². The Labute approximate surface area is 109 Å². The third kappa shape index (κ3) is 4.00. The molecule has 1 fully saturated rings. The molecule has 0 aromatic heterocycles. The number of carboxylic acids is 1. The molecule has 18 heavy (non-hydrogen) atoms. The number of carbonyl (C=O) groups is 2. The van der Waals surface area contributed by atoms with Gasteiger partial charge in [0.15, 0.2) is 0 Å². The number of carboxylic acid groups (broad SMARTS) is 1. The molecule has 0 saturated heterocycles. The van der Waals surface area contributed by atoms with Crippen LogP contribution in [0.1, 0.15) is 52.9 Å². The Morgan fingerprint density at radius 2 is 1.72 bits per heavy atom. The highest BCUT2D eigenvalue weighted by Crippen LogP contribution is 2.26. The highest BCUT2D eigenvalue weighted by molar-refractivity contribution is 5.80. The van der Waals surface area contributed by atoms with Crippen LogP contribution in [0.4, 0.5) is 0 Å². The summed E-state index contributed by atoms with van der Waals surface area (Å²) in [6, 6.07) is 0.0706. The van der Waals surface area contributed by atoms with Crippen LogP contribution in [-0.2, 0) is 9.59 Å². The maximum atomic E-state index is 12.4. The number of rotatable bonds is 5. The smallest absolute Gasteiger partial charge is 0.308 e. The fourth-order valence-electron chi connectivity index (χ4n) is 2.51.